The van der Waals surface area contributed by atoms with Crippen molar-refractivity contribution in [3.63, 3.8) is 0 Å². The van der Waals surface area contributed by atoms with Gasteiger partial charge in [-0.2, -0.15) is 0 Å². The van der Waals surface area contributed by atoms with Gasteiger partial charge >= 0.3 is 0 Å². The van der Waals surface area contributed by atoms with E-state index in [1.165, 1.54) is 30.4 Å². The third-order valence-electron chi connectivity index (χ3n) is 5.60. The van der Waals surface area contributed by atoms with Crippen molar-refractivity contribution in [1.82, 2.24) is 0 Å². The smallest absolute Gasteiger partial charge is 0.159 e. The molecule has 0 aromatic rings. The van der Waals surface area contributed by atoms with Crippen LogP contribution in [0.4, 0.5) is 0 Å². The van der Waals surface area contributed by atoms with Crippen molar-refractivity contribution in [3.05, 3.63) is 11.1 Å². The van der Waals surface area contributed by atoms with Gasteiger partial charge in [-0.15, -0.1) is 0 Å². The lowest BCUT2D eigenvalue weighted by Crippen LogP contribution is -2.39. The van der Waals surface area contributed by atoms with E-state index in [1.807, 2.05) is 0 Å². The lowest BCUT2D eigenvalue weighted by molar-refractivity contribution is -0.115. The van der Waals surface area contributed by atoms with Gasteiger partial charge in [-0.3, -0.25) is 4.79 Å². The Balaban J connectivity index is 1.98. The SMILES string of the molecule is CC1=C2C(=O)C[C@H]3CO[C@@H]4CC[C@@H](CC1)[C@]234. The van der Waals surface area contributed by atoms with Gasteiger partial charge in [0.2, 0.25) is 0 Å². The van der Waals surface area contributed by atoms with Crippen LogP contribution in [0.5, 0.6) is 0 Å². The average molecular weight is 218 g/mol. The number of ether oxygens (including phenoxy) is 1. The van der Waals surface area contributed by atoms with Crippen LogP contribution in [0.3, 0.4) is 0 Å². The molecular weight excluding hydrogens is 200 g/mol. The van der Waals surface area contributed by atoms with Gasteiger partial charge in [0.1, 0.15) is 0 Å². The van der Waals surface area contributed by atoms with Gasteiger partial charge in [-0.25, -0.2) is 0 Å². The van der Waals surface area contributed by atoms with E-state index in [1.54, 1.807) is 0 Å². The number of hydrogen-bond donors (Lipinski definition) is 0. The number of carbonyl (C=O) groups is 1. The average Bonchev–Trinajstić information content (AvgIpc) is 2.83. The van der Waals surface area contributed by atoms with Crippen LogP contribution in [0.2, 0.25) is 0 Å². The van der Waals surface area contributed by atoms with Crippen LogP contribution in [0, 0.1) is 17.3 Å². The van der Waals surface area contributed by atoms with Gasteiger partial charge in [0, 0.05) is 23.3 Å². The molecule has 2 saturated carbocycles. The second kappa shape index (κ2) is 2.79. The normalized spacial score (nSPS) is 49.8. The van der Waals surface area contributed by atoms with Crippen LogP contribution in [0.15, 0.2) is 11.1 Å². The van der Waals surface area contributed by atoms with Crippen LogP contribution < -0.4 is 0 Å². The summed E-state index contributed by atoms with van der Waals surface area (Å²) in [7, 11) is 0. The number of carbonyl (C=O) groups excluding carboxylic acids is 1. The van der Waals surface area contributed by atoms with E-state index >= 15 is 0 Å². The molecule has 3 fully saturated rings. The highest BCUT2D eigenvalue weighted by atomic mass is 16.5. The van der Waals surface area contributed by atoms with Crippen molar-refractivity contribution in [2.45, 2.75) is 45.1 Å². The van der Waals surface area contributed by atoms with Crippen molar-refractivity contribution in [1.29, 1.82) is 0 Å². The fourth-order valence-corrected chi connectivity index (χ4v) is 5.15. The van der Waals surface area contributed by atoms with E-state index in [-0.39, 0.29) is 5.41 Å². The summed E-state index contributed by atoms with van der Waals surface area (Å²) in [4.78, 5) is 12.2. The molecule has 1 aliphatic heterocycles. The summed E-state index contributed by atoms with van der Waals surface area (Å²) in [5.41, 5.74) is 2.77. The fourth-order valence-electron chi connectivity index (χ4n) is 5.15. The maximum absolute atomic E-state index is 12.2. The van der Waals surface area contributed by atoms with Crippen LogP contribution >= 0.6 is 0 Å². The molecule has 4 rings (SSSR count). The van der Waals surface area contributed by atoms with Gasteiger partial charge in [-0.1, -0.05) is 5.57 Å². The standard InChI is InChI=1S/C14H18O2/c1-8-2-3-9-4-5-12-14(9)10(7-16-12)6-11(15)13(8)14/h9-10,12H,2-7H2,1H3/t9-,10+,12-,14+/m1/s1. The first kappa shape index (κ1) is 9.41. The Hall–Kier alpha value is -0.630. The first-order chi connectivity index (χ1) is 7.74. The lowest BCUT2D eigenvalue weighted by Gasteiger charge is -2.40. The number of allylic oxidation sites excluding steroid dienone is 1. The molecule has 0 radical (unpaired) electrons. The molecule has 2 heteroatoms. The minimum absolute atomic E-state index is 0.180. The van der Waals surface area contributed by atoms with E-state index in [2.05, 4.69) is 6.92 Å². The van der Waals surface area contributed by atoms with E-state index in [0.717, 1.165) is 25.4 Å². The first-order valence-corrected chi connectivity index (χ1v) is 6.59. The minimum Gasteiger partial charge on any atom is -0.377 e. The summed E-state index contributed by atoms with van der Waals surface area (Å²) >= 11 is 0. The lowest BCUT2D eigenvalue weighted by atomic mass is 9.62. The summed E-state index contributed by atoms with van der Waals surface area (Å²) in [5, 5.41) is 0. The number of ketones is 1. The topological polar surface area (TPSA) is 26.3 Å². The Morgan fingerprint density at radius 2 is 2.12 bits per heavy atom. The molecule has 2 nitrogen and oxygen atoms in total. The third-order valence-corrected chi connectivity index (χ3v) is 5.60. The highest BCUT2D eigenvalue weighted by Gasteiger charge is 2.67. The summed E-state index contributed by atoms with van der Waals surface area (Å²) < 4.78 is 5.98. The van der Waals surface area contributed by atoms with Crippen molar-refractivity contribution >= 4 is 5.78 Å². The zero-order valence-corrected chi connectivity index (χ0v) is 9.79. The second-order valence-electron chi connectivity index (χ2n) is 6.05. The molecular formula is C14H18O2. The van der Waals surface area contributed by atoms with Crippen molar-refractivity contribution in [3.8, 4) is 0 Å². The van der Waals surface area contributed by atoms with Crippen LogP contribution in [-0.4, -0.2) is 18.5 Å². The second-order valence-corrected chi connectivity index (χ2v) is 6.05. The molecule has 0 unspecified atom stereocenters. The maximum Gasteiger partial charge on any atom is 0.159 e. The van der Waals surface area contributed by atoms with Gasteiger partial charge in [0.05, 0.1) is 12.7 Å². The number of hydrogen-bond acceptors (Lipinski definition) is 2. The summed E-state index contributed by atoms with van der Waals surface area (Å²) in [5.74, 6) is 1.71. The van der Waals surface area contributed by atoms with Crippen molar-refractivity contribution < 1.29 is 9.53 Å². The predicted molar refractivity (Wildman–Crippen MR) is 59.9 cm³/mol. The van der Waals surface area contributed by atoms with E-state index in [0.29, 0.717) is 17.8 Å². The summed E-state index contributed by atoms with van der Waals surface area (Å²) in [6.07, 6.45) is 6.04. The molecule has 4 aliphatic rings. The van der Waals surface area contributed by atoms with Gasteiger partial charge in [-0.05, 0) is 38.5 Å². The largest absolute Gasteiger partial charge is 0.377 e. The molecule has 1 heterocycles. The molecule has 86 valence electrons. The summed E-state index contributed by atoms with van der Waals surface area (Å²) in [6.45, 7) is 3.01. The number of rotatable bonds is 0. The third kappa shape index (κ3) is 0.806. The molecule has 16 heavy (non-hydrogen) atoms. The monoisotopic (exact) mass is 218 g/mol. The quantitative estimate of drug-likeness (QED) is 0.624. The molecule has 1 saturated heterocycles. The molecule has 3 aliphatic carbocycles. The highest BCUT2D eigenvalue weighted by molar-refractivity contribution is 6.01. The van der Waals surface area contributed by atoms with Crippen molar-refractivity contribution in [2.24, 2.45) is 17.3 Å². The maximum atomic E-state index is 12.2. The number of Topliss-reactive ketones (excluding diaryl/α,β-unsaturated/α-hetero) is 1. The van der Waals surface area contributed by atoms with Gasteiger partial charge < -0.3 is 4.74 Å². The van der Waals surface area contributed by atoms with E-state index < -0.39 is 0 Å². The molecule has 0 bridgehead atoms. The van der Waals surface area contributed by atoms with E-state index in [9.17, 15) is 4.79 Å². The van der Waals surface area contributed by atoms with Gasteiger partial charge in [0.15, 0.2) is 5.78 Å². The Kier molecular flexibility index (Phi) is 1.64. The summed E-state index contributed by atoms with van der Waals surface area (Å²) in [6, 6.07) is 0. The highest BCUT2D eigenvalue weighted by Crippen LogP contribution is 2.66. The Labute approximate surface area is 96.0 Å². The van der Waals surface area contributed by atoms with Crippen LogP contribution in [0.1, 0.15) is 39.0 Å². The zero-order chi connectivity index (χ0) is 10.9. The fraction of sp³-hybridized carbons (Fsp3) is 0.786. The molecule has 0 amide bonds. The molecule has 4 atom stereocenters. The van der Waals surface area contributed by atoms with Crippen molar-refractivity contribution in [2.75, 3.05) is 6.61 Å². The minimum atomic E-state index is 0.180. The predicted octanol–water partition coefficient (Wildman–Crippen LogP) is 2.48. The molecule has 0 aromatic heterocycles. The Morgan fingerprint density at radius 1 is 1.25 bits per heavy atom. The Bertz CT molecular complexity index is 409. The van der Waals surface area contributed by atoms with Gasteiger partial charge in [0.25, 0.3) is 0 Å². The zero-order valence-electron chi connectivity index (χ0n) is 9.79. The molecule has 1 spiro atoms. The first-order valence-electron chi connectivity index (χ1n) is 6.59. The Morgan fingerprint density at radius 3 is 3.00 bits per heavy atom. The van der Waals surface area contributed by atoms with Crippen LogP contribution in [0.25, 0.3) is 0 Å². The molecule has 0 N–H and O–H groups in total. The van der Waals surface area contributed by atoms with Crippen LogP contribution in [-0.2, 0) is 9.53 Å². The van der Waals surface area contributed by atoms with E-state index in [4.69, 9.17) is 4.74 Å². The molecule has 0 aromatic carbocycles.